The Labute approximate surface area is 89.9 Å². The number of nitrogens with one attached hydrogen (secondary N) is 1. The van der Waals surface area contributed by atoms with Crippen molar-refractivity contribution in [2.75, 3.05) is 5.32 Å². The van der Waals surface area contributed by atoms with E-state index in [-0.39, 0.29) is 0 Å². The van der Waals surface area contributed by atoms with Crippen LogP contribution in [0, 0.1) is 5.92 Å². The van der Waals surface area contributed by atoms with Gasteiger partial charge in [0.25, 0.3) is 0 Å². The molecule has 78 valence electrons. The summed E-state index contributed by atoms with van der Waals surface area (Å²) in [5.74, 6) is 1.37. The predicted molar refractivity (Wildman–Crippen MR) is 59.6 cm³/mol. The van der Waals surface area contributed by atoms with Crippen molar-refractivity contribution in [2.24, 2.45) is 5.92 Å². The third-order valence-electron chi connectivity index (χ3n) is 2.21. The number of halogens is 1. The molecule has 1 heterocycles. The fourth-order valence-corrected chi connectivity index (χ4v) is 1.42. The van der Waals surface area contributed by atoms with Crippen LogP contribution in [0.15, 0.2) is 12.1 Å². The summed E-state index contributed by atoms with van der Waals surface area (Å²) in [5.41, 5.74) is 0. The molecule has 14 heavy (non-hydrogen) atoms. The molecule has 0 fully saturated rings. The minimum Gasteiger partial charge on any atom is -0.366 e. The molecule has 0 aromatic carbocycles. The summed E-state index contributed by atoms with van der Waals surface area (Å²) >= 11 is 5.64. The van der Waals surface area contributed by atoms with E-state index < -0.39 is 0 Å². The van der Waals surface area contributed by atoms with Crippen molar-refractivity contribution in [1.82, 2.24) is 10.2 Å². The van der Waals surface area contributed by atoms with Gasteiger partial charge in [0.15, 0.2) is 5.15 Å². The first-order valence-corrected chi connectivity index (χ1v) is 5.27. The Kier molecular flexibility index (Phi) is 4.14. The number of aromatic nitrogens is 2. The lowest BCUT2D eigenvalue weighted by molar-refractivity contribution is 0.509. The fraction of sp³-hybridized carbons (Fsp3) is 0.600. The number of nitrogens with zero attached hydrogens (tertiary/aromatic N) is 2. The molecule has 1 N–H and O–H groups in total. The Morgan fingerprint density at radius 1 is 1.36 bits per heavy atom. The van der Waals surface area contributed by atoms with Crippen molar-refractivity contribution in [1.29, 1.82) is 0 Å². The van der Waals surface area contributed by atoms with Gasteiger partial charge in [0.2, 0.25) is 0 Å². The lowest BCUT2D eigenvalue weighted by Crippen LogP contribution is -2.25. The monoisotopic (exact) mass is 213 g/mol. The Morgan fingerprint density at radius 3 is 2.50 bits per heavy atom. The topological polar surface area (TPSA) is 37.8 Å². The third-order valence-corrected chi connectivity index (χ3v) is 2.41. The number of rotatable bonds is 4. The molecule has 3 nitrogen and oxygen atoms in total. The van der Waals surface area contributed by atoms with E-state index in [1.54, 1.807) is 6.07 Å². The first-order chi connectivity index (χ1) is 6.63. The molecular formula is C10H16ClN3. The second kappa shape index (κ2) is 5.15. The van der Waals surface area contributed by atoms with Crippen molar-refractivity contribution >= 4 is 17.4 Å². The molecule has 0 aliphatic heterocycles. The van der Waals surface area contributed by atoms with Gasteiger partial charge in [0.05, 0.1) is 0 Å². The van der Waals surface area contributed by atoms with Crippen LogP contribution in [0.5, 0.6) is 0 Å². The zero-order chi connectivity index (χ0) is 10.6. The summed E-state index contributed by atoms with van der Waals surface area (Å²) in [6.45, 7) is 6.52. The van der Waals surface area contributed by atoms with Gasteiger partial charge < -0.3 is 5.32 Å². The highest BCUT2D eigenvalue weighted by Gasteiger charge is 2.10. The standard InChI is InChI=1S/C10H16ClN3/c1-4-8(7(2)3)12-10-6-5-9(11)13-14-10/h5-8H,4H2,1-3H3,(H,12,14). The number of hydrogen-bond donors (Lipinski definition) is 1. The molecule has 0 spiro atoms. The van der Waals surface area contributed by atoms with Gasteiger partial charge in [-0.2, -0.15) is 0 Å². The highest BCUT2D eigenvalue weighted by molar-refractivity contribution is 6.29. The van der Waals surface area contributed by atoms with E-state index in [0.29, 0.717) is 17.1 Å². The highest BCUT2D eigenvalue weighted by atomic mass is 35.5. The zero-order valence-corrected chi connectivity index (χ0v) is 9.54. The molecule has 1 rings (SSSR count). The maximum absolute atomic E-state index is 5.64. The summed E-state index contributed by atoms with van der Waals surface area (Å²) in [4.78, 5) is 0. The van der Waals surface area contributed by atoms with Crippen LogP contribution in [-0.2, 0) is 0 Å². The average Bonchev–Trinajstić information content (AvgIpc) is 2.16. The van der Waals surface area contributed by atoms with Crippen LogP contribution < -0.4 is 5.32 Å². The molecule has 4 heteroatoms. The molecule has 1 aromatic heterocycles. The molecule has 0 saturated heterocycles. The average molecular weight is 214 g/mol. The SMILES string of the molecule is CCC(Nc1ccc(Cl)nn1)C(C)C. The maximum atomic E-state index is 5.64. The van der Waals surface area contributed by atoms with Gasteiger partial charge in [0.1, 0.15) is 5.82 Å². The van der Waals surface area contributed by atoms with Crippen LogP contribution in [0.4, 0.5) is 5.82 Å². The summed E-state index contributed by atoms with van der Waals surface area (Å²) in [6.07, 6.45) is 1.07. The minimum atomic E-state index is 0.424. The van der Waals surface area contributed by atoms with Gasteiger partial charge in [-0.05, 0) is 24.5 Å². The van der Waals surface area contributed by atoms with Gasteiger partial charge in [-0.15, -0.1) is 10.2 Å². The Morgan fingerprint density at radius 2 is 2.07 bits per heavy atom. The summed E-state index contributed by atoms with van der Waals surface area (Å²) < 4.78 is 0. The largest absolute Gasteiger partial charge is 0.366 e. The molecule has 0 aliphatic carbocycles. The highest BCUT2D eigenvalue weighted by Crippen LogP contribution is 2.13. The minimum absolute atomic E-state index is 0.424. The lowest BCUT2D eigenvalue weighted by atomic mass is 10.0. The van der Waals surface area contributed by atoms with Crippen LogP contribution in [-0.4, -0.2) is 16.2 Å². The normalized spacial score (nSPS) is 12.9. The van der Waals surface area contributed by atoms with Gasteiger partial charge in [-0.25, -0.2) is 0 Å². The van der Waals surface area contributed by atoms with Gasteiger partial charge in [0, 0.05) is 6.04 Å². The molecule has 0 aliphatic rings. The zero-order valence-electron chi connectivity index (χ0n) is 8.79. The van der Waals surface area contributed by atoms with E-state index in [1.807, 2.05) is 6.07 Å². The van der Waals surface area contributed by atoms with Crippen LogP contribution in [0.1, 0.15) is 27.2 Å². The molecule has 0 saturated carbocycles. The molecule has 0 radical (unpaired) electrons. The molecule has 1 unspecified atom stereocenters. The van der Waals surface area contributed by atoms with Crippen molar-refractivity contribution in [3.8, 4) is 0 Å². The fourth-order valence-electron chi connectivity index (χ4n) is 1.32. The van der Waals surface area contributed by atoms with Crippen molar-refractivity contribution in [2.45, 2.75) is 33.2 Å². The van der Waals surface area contributed by atoms with Gasteiger partial charge in [-0.1, -0.05) is 32.4 Å². The second-order valence-electron chi connectivity index (χ2n) is 3.64. The number of anilines is 1. The lowest BCUT2D eigenvalue weighted by Gasteiger charge is -2.20. The molecule has 0 amide bonds. The molecular weight excluding hydrogens is 198 g/mol. The van der Waals surface area contributed by atoms with E-state index in [0.717, 1.165) is 12.2 Å². The van der Waals surface area contributed by atoms with Gasteiger partial charge in [-0.3, -0.25) is 0 Å². The predicted octanol–water partition coefficient (Wildman–Crippen LogP) is 2.98. The van der Waals surface area contributed by atoms with Crippen molar-refractivity contribution < 1.29 is 0 Å². The Hall–Kier alpha value is -0.830. The van der Waals surface area contributed by atoms with Crippen molar-refractivity contribution in [3.05, 3.63) is 17.3 Å². The Balaban J connectivity index is 2.63. The Bertz CT molecular complexity index is 271. The smallest absolute Gasteiger partial charge is 0.151 e. The molecule has 0 bridgehead atoms. The summed E-state index contributed by atoms with van der Waals surface area (Å²) in [6, 6.07) is 4.02. The molecule has 1 atom stereocenters. The third kappa shape index (κ3) is 3.14. The van der Waals surface area contributed by atoms with Crippen LogP contribution in [0.3, 0.4) is 0 Å². The van der Waals surface area contributed by atoms with Gasteiger partial charge >= 0.3 is 0 Å². The van der Waals surface area contributed by atoms with E-state index in [2.05, 4.69) is 36.3 Å². The van der Waals surface area contributed by atoms with E-state index in [9.17, 15) is 0 Å². The number of hydrogen-bond acceptors (Lipinski definition) is 3. The first kappa shape index (κ1) is 11.2. The van der Waals surface area contributed by atoms with E-state index in [4.69, 9.17) is 11.6 Å². The summed E-state index contributed by atoms with van der Waals surface area (Å²) in [7, 11) is 0. The maximum Gasteiger partial charge on any atom is 0.151 e. The second-order valence-corrected chi connectivity index (χ2v) is 4.03. The quantitative estimate of drug-likeness (QED) is 0.836. The van der Waals surface area contributed by atoms with Crippen LogP contribution in [0.2, 0.25) is 5.15 Å². The molecule has 1 aromatic rings. The van der Waals surface area contributed by atoms with Crippen LogP contribution in [0.25, 0.3) is 0 Å². The summed E-state index contributed by atoms with van der Waals surface area (Å²) in [5, 5.41) is 11.5. The first-order valence-electron chi connectivity index (χ1n) is 4.89. The van der Waals surface area contributed by atoms with E-state index >= 15 is 0 Å². The van der Waals surface area contributed by atoms with Crippen molar-refractivity contribution in [3.63, 3.8) is 0 Å². The van der Waals surface area contributed by atoms with Crippen LogP contribution >= 0.6 is 11.6 Å². The van der Waals surface area contributed by atoms with E-state index in [1.165, 1.54) is 0 Å².